The SMILES string of the molecule is CC(C)N(C)[C@@H]1CC[C@H](NC(=O)CNc2noc3ccc(C(F)(F)F)cc23)[C@@H](CS(=O)(=O)C(C)C)C1. The summed E-state index contributed by atoms with van der Waals surface area (Å²) >= 11 is 0. The molecule has 1 aliphatic carbocycles. The highest BCUT2D eigenvalue weighted by Crippen LogP contribution is 2.34. The lowest BCUT2D eigenvalue weighted by Crippen LogP contribution is -2.52. The highest BCUT2D eigenvalue weighted by Gasteiger charge is 2.37. The Morgan fingerprint density at radius 1 is 1.22 bits per heavy atom. The van der Waals surface area contributed by atoms with Crippen molar-refractivity contribution < 1.29 is 30.9 Å². The predicted molar refractivity (Wildman–Crippen MR) is 132 cm³/mol. The van der Waals surface area contributed by atoms with Crippen LogP contribution in [0.5, 0.6) is 0 Å². The average Bonchev–Trinajstić information content (AvgIpc) is 3.19. The van der Waals surface area contributed by atoms with Crippen molar-refractivity contribution in [2.75, 3.05) is 24.7 Å². The monoisotopic (exact) mass is 532 g/mol. The number of hydrogen-bond acceptors (Lipinski definition) is 7. The number of aromatic nitrogens is 1. The van der Waals surface area contributed by atoms with Gasteiger partial charge in [-0.05, 0) is 78.1 Å². The van der Waals surface area contributed by atoms with Crippen molar-refractivity contribution in [1.82, 2.24) is 15.4 Å². The topological polar surface area (TPSA) is 105 Å². The van der Waals surface area contributed by atoms with Crippen molar-refractivity contribution in [2.24, 2.45) is 5.92 Å². The first-order valence-electron chi connectivity index (χ1n) is 12.1. The lowest BCUT2D eigenvalue weighted by atomic mass is 9.81. The summed E-state index contributed by atoms with van der Waals surface area (Å²) in [5.41, 5.74) is -0.680. The number of halogens is 3. The molecule has 1 amide bonds. The molecule has 0 aliphatic heterocycles. The smallest absolute Gasteiger partial charge is 0.358 e. The second-order valence-corrected chi connectivity index (χ2v) is 12.7. The van der Waals surface area contributed by atoms with Crippen LogP contribution in [0.1, 0.15) is 52.5 Å². The van der Waals surface area contributed by atoms with Crippen molar-refractivity contribution in [3.8, 4) is 0 Å². The van der Waals surface area contributed by atoms with E-state index in [2.05, 4.69) is 34.5 Å². The van der Waals surface area contributed by atoms with E-state index >= 15 is 0 Å². The van der Waals surface area contributed by atoms with Gasteiger partial charge in [-0.1, -0.05) is 5.16 Å². The molecule has 0 unspecified atom stereocenters. The number of carbonyl (C=O) groups excluding carboxylic acids is 1. The standard InChI is InChI=1S/C24H35F3N4O4S/c1-14(2)31(5)18-7-8-20(16(10-18)13-36(33,34)15(3)4)29-22(32)12-28-23-19-11-17(24(25,26)27)6-9-21(19)35-30-23/h6,9,11,14-16,18,20H,7-8,10,12-13H2,1-5H3,(H,28,30)(H,29,32)/t16-,18-,20+/m1/s1. The third-order valence-corrected chi connectivity index (χ3v) is 9.40. The number of fused-ring (bicyclic) bond motifs is 1. The maximum atomic E-state index is 13.1. The first-order valence-corrected chi connectivity index (χ1v) is 13.8. The maximum absolute atomic E-state index is 13.1. The summed E-state index contributed by atoms with van der Waals surface area (Å²) in [5.74, 6) is -0.624. The largest absolute Gasteiger partial charge is 0.416 e. The zero-order valence-electron chi connectivity index (χ0n) is 21.2. The van der Waals surface area contributed by atoms with Crippen LogP contribution in [0.15, 0.2) is 22.7 Å². The summed E-state index contributed by atoms with van der Waals surface area (Å²) in [6, 6.07) is 3.21. The van der Waals surface area contributed by atoms with Crippen molar-refractivity contribution in [1.29, 1.82) is 0 Å². The fraction of sp³-hybridized carbons (Fsp3) is 0.667. The van der Waals surface area contributed by atoms with Crippen molar-refractivity contribution >= 4 is 32.5 Å². The van der Waals surface area contributed by atoms with Gasteiger partial charge in [-0.25, -0.2) is 8.42 Å². The Bertz CT molecular complexity index is 1160. The Labute approximate surface area is 209 Å². The highest BCUT2D eigenvalue weighted by atomic mass is 32.2. The lowest BCUT2D eigenvalue weighted by molar-refractivity contribution is -0.137. The summed E-state index contributed by atoms with van der Waals surface area (Å²) in [6.07, 6.45) is -2.42. The van der Waals surface area contributed by atoms with Gasteiger partial charge in [-0.2, -0.15) is 13.2 Å². The molecular formula is C24H35F3N4O4S. The fourth-order valence-electron chi connectivity index (χ4n) is 4.56. The van der Waals surface area contributed by atoms with Gasteiger partial charge >= 0.3 is 6.18 Å². The van der Waals surface area contributed by atoms with Gasteiger partial charge in [0.05, 0.1) is 28.5 Å². The molecule has 0 saturated heterocycles. The quantitative estimate of drug-likeness (QED) is 0.502. The summed E-state index contributed by atoms with van der Waals surface area (Å²) in [5, 5.41) is 9.05. The number of rotatable bonds is 9. The Morgan fingerprint density at radius 2 is 1.92 bits per heavy atom. The first-order chi connectivity index (χ1) is 16.7. The van der Waals surface area contributed by atoms with Crippen LogP contribution in [-0.4, -0.2) is 67.1 Å². The van der Waals surface area contributed by atoms with Gasteiger partial charge in [0.25, 0.3) is 0 Å². The Morgan fingerprint density at radius 3 is 2.53 bits per heavy atom. The van der Waals surface area contributed by atoms with E-state index in [0.29, 0.717) is 18.9 Å². The molecule has 0 spiro atoms. The van der Waals surface area contributed by atoms with Crippen LogP contribution in [0.25, 0.3) is 11.0 Å². The van der Waals surface area contributed by atoms with E-state index in [4.69, 9.17) is 4.52 Å². The summed E-state index contributed by atoms with van der Waals surface area (Å²) < 4.78 is 69.7. The minimum absolute atomic E-state index is 0.0143. The fourth-order valence-corrected chi connectivity index (χ4v) is 5.91. The van der Waals surface area contributed by atoms with E-state index in [1.807, 2.05) is 7.05 Å². The predicted octanol–water partition coefficient (Wildman–Crippen LogP) is 4.08. The molecule has 0 bridgehead atoms. The molecule has 1 heterocycles. The third-order valence-electron chi connectivity index (χ3n) is 7.07. The molecule has 1 aromatic heterocycles. The number of alkyl halides is 3. The van der Waals surface area contributed by atoms with Gasteiger partial charge in [0.1, 0.15) is 0 Å². The molecule has 1 fully saturated rings. The van der Waals surface area contributed by atoms with Crippen molar-refractivity contribution in [3.05, 3.63) is 23.8 Å². The molecule has 3 rings (SSSR count). The number of sulfone groups is 1. The Balaban J connectivity index is 1.69. The number of carbonyl (C=O) groups is 1. The summed E-state index contributed by atoms with van der Waals surface area (Å²) in [7, 11) is -1.30. The average molecular weight is 533 g/mol. The highest BCUT2D eigenvalue weighted by molar-refractivity contribution is 7.91. The lowest BCUT2D eigenvalue weighted by Gasteiger charge is -2.41. The Hall–Kier alpha value is -2.34. The van der Waals surface area contributed by atoms with Crippen molar-refractivity contribution in [3.63, 3.8) is 0 Å². The van der Waals surface area contributed by atoms with Crippen LogP contribution in [-0.2, 0) is 20.8 Å². The van der Waals surface area contributed by atoms with Gasteiger partial charge in [-0.3, -0.25) is 4.79 Å². The molecule has 8 nitrogen and oxygen atoms in total. The number of nitrogens with one attached hydrogen (secondary N) is 2. The maximum Gasteiger partial charge on any atom is 0.416 e. The summed E-state index contributed by atoms with van der Waals surface area (Å²) in [6.45, 7) is 7.24. The molecule has 1 saturated carbocycles. The molecule has 3 atom stereocenters. The van der Waals surface area contributed by atoms with Gasteiger partial charge in [0.15, 0.2) is 21.2 Å². The van der Waals surface area contributed by atoms with Crippen LogP contribution < -0.4 is 10.6 Å². The van der Waals surface area contributed by atoms with Crippen LogP contribution in [0.3, 0.4) is 0 Å². The molecule has 1 aromatic carbocycles. The van der Waals surface area contributed by atoms with Gasteiger partial charge in [0, 0.05) is 18.1 Å². The van der Waals surface area contributed by atoms with Gasteiger partial charge in [-0.15, -0.1) is 0 Å². The summed E-state index contributed by atoms with van der Waals surface area (Å²) in [4.78, 5) is 15.0. The number of nitrogens with zero attached hydrogens (tertiary/aromatic N) is 2. The van der Waals surface area contributed by atoms with E-state index in [0.717, 1.165) is 18.6 Å². The first kappa shape index (κ1) is 28.2. The van der Waals surface area contributed by atoms with E-state index in [-0.39, 0.29) is 47.1 Å². The Kier molecular flexibility index (Phi) is 8.59. The molecule has 2 N–H and O–H groups in total. The molecule has 36 heavy (non-hydrogen) atoms. The normalized spacial score (nSPS) is 21.5. The second kappa shape index (κ2) is 11.0. The van der Waals surface area contributed by atoms with Crippen molar-refractivity contribution in [2.45, 2.75) is 76.5 Å². The van der Waals surface area contributed by atoms with E-state index in [9.17, 15) is 26.4 Å². The van der Waals surface area contributed by atoms with E-state index < -0.39 is 32.7 Å². The molecular weight excluding hydrogens is 497 g/mol. The minimum Gasteiger partial charge on any atom is -0.358 e. The molecule has 1 aliphatic rings. The van der Waals surface area contributed by atoms with E-state index in [1.54, 1.807) is 13.8 Å². The molecule has 2 aromatic rings. The molecule has 202 valence electrons. The number of anilines is 1. The number of amides is 1. The van der Waals surface area contributed by atoms with Crippen LogP contribution in [0, 0.1) is 5.92 Å². The van der Waals surface area contributed by atoms with Gasteiger partial charge < -0.3 is 20.1 Å². The minimum atomic E-state index is -4.52. The van der Waals surface area contributed by atoms with Crippen LogP contribution in [0.4, 0.5) is 19.0 Å². The van der Waals surface area contributed by atoms with E-state index in [1.165, 1.54) is 6.07 Å². The van der Waals surface area contributed by atoms with Gasteiger partial charge in [0.2, 0.25) is 5.91 Å². The molecule has 0 radical (unpaired) electrons. The van der Waals surface area contributed by atoms with Crippen LogP contribution in [0.2, 0.25) is 0 Å². The zero-order valence-corrected chi connectivity index (χ0v) is 22.0. The zero-order chi connectivity index (χ0) is 26.8. The van der Waals surface area contributed by atoms with Crippen LogP contribution >= 0.6 is 0 Å². The third kappa shape index (κ3) is 6.70. The second-order valence-electron chi connectivity index (χ2n) is 10.1. The number of benzene rings is 1. The number of hydrogen-bond donors (Lipinski definition) is 2. The molecule has 12 heteroatoms.